The standard InChI is InChI=1S/C21H21NO6/c1-11-19(13(3)23)12(2)22-20(11)21(25)14(4)28-18(24)8-6-15-5-7-16-17(9-15)27-10-26-16/h5-9,14,22H,10H2,1-4H3/b8-6+/t14-/m1/s1. The molecule has 0 saturated heterocycles. The summed E-state index contributed by atoms with van der Waals surface area (Å²) in [6.07, 6.45) is 1.82. The van der Waals surface area contributed by atoms with E-state index in [0.29, 0.717) is 28.3 Å². The number of aryl methyl sites for hydroxylation is 1. The van der Waals surface area contributed by atoms with Crippen molar-refractivity contribution in [3.05, 3.63) is 52.4 Å². The molecule has 146 valence electrons. The molecule has 3 rings (SSSR count). The van der Waals surface area contributed by atoms with Crippen LogP contribution in [0.4, 0.5) is 0 Å². The SMILES string of the molecule is CC(=O)c1c(C)[nH]c(C(=O)[C@@H](C)OC(=O)/C=C/c2ccc3c(c2)OCO3)c1C. The molecule has 1 N–H and O–H groups in total. The fraction of sp³-hybridized carbons (Fsp3) is 0.286. The Balaban J connectivity index is 1.66. The molecule has 0 spiro atoms. The van der Waals surface area contributed by atoms with Crippen LogP contribution in [0.2, 0.25) is 0 Å². The van der Waals surface area contributed by atoms with Crippen LogP contribution in [0.3, 0.4) is 0 Å². The van der Waals surface area contributed by atoms with Gasteiger partial charge in [-0.05, 0) is 57.0 Å². The van der Waals surface area contributed by atoms with Gasteiger partial charge < -0.3 is 19.2 Å². The van der Waals surface area contributed by atoms with E-state index in [2.05, 4.69) is 4.98 Å². The maximum absolute atomic E-state index is 12.6. The maximum Gasteiger partial charge on any atom is 0.331 e. The molecular weight excluding hydrogens is 362 g/mol. The number of hydrogen-bond donors (Lipinski definition) is 1. The van der Waals surface area contributed by atoms with Crippen LogP contribution in [-0.4, -0.2) is 35.4 Å². The monoisotopic (exact) mass is 383 g/mol. The minimum absolute atomic E-state index is 0.124. The van der Waals surface area contributed by atoms with Crippen molar-refractivity contribution in [2.24, 2.45) is 0 Å². The Kier molecular flexibility index (Phi) is 5.35. The molecule has 0 fully saturated rings. The first-order valence-electron chi connectivity index (χ1n) is 8.80. The van der Waals surface area contributed by atoms with Gasteiger partial charge in [0, 0.05) is 17.3 Å². The summed E-state index contributed by atoms with van der Waals surface area (Å²) in [6.45, 7) is 6.54. The Labute approximate surface area is 162 Å². The summed E-state index contributed by atoms with van der Waals surface area (Å²) >= 11 is 0. The lowest BCUT2D eigenvalue weighted by atomic mass is 10.0. The van der Waals surface area contributed by atoms with Gasteiger partial charge >= 0.3 is 5.97 Å². The van der Waals surface area contributed by atoms with Gasteiger partial charge in [-0.1, -0.05) is 6.07 Å². The highest BCUT2D eigenvalue weighted by Crippen LogP contribution is 2.32. The number of aromatic nitrogens is 1. The van der Waals surface area contributed by atoms with Gasteiger partial charge in [0.15, 0.2) is 23.4 Å². The molecule has 1 aliphatic heterocycles. The molecule has 0 unspecified atom stereocenters. The zero-order valence-electron chi connectivity index (χ0n) is 16.1. The first-order chi connectivity index (χ1) is 13.3. The fourth-order valence-electron chi connectivity index (χ4n) is 3.18. The highest BCUT2D eigenvalue weighted by molar-refractivity contribution is 6.05. The van der Waals surface area contributed by atoms with Crippen LogP contribution in [-0.2, 0) is 9.53 Å². The highest BCUT2D eigenvalue weighted by Gasteiger charge is 2.25. The number of carbonyl (C=O) groups excluding carboxylic acids is 3. The highest BCUT2D eigenvalue weighted by atomic mass is 16.7. The second-order valence-electron chi connectivity index (χ2n) is 6.57. The number of hydrogen-bond acceptors (Lipinski definition) is 6. The van der Waals surface area contributed by atoms with E-state index in [1.54, 1.807) is 38.1 Å². The summed E-state index contributed by atoms with van der Waals surface area (Å²) in [5.41, 5.74) is 2.69. The minimum Gasteiger partial charge on any atom is -0.454 e. The lowest BCUT2D eigenvalue weighted by molar-refractivity contribution is -0.140. The molecule has 1 aromatic heterocycles. The molecule has 0 bridgehead atoms. The number of esters is 1. The number of nitrogens with one attached hydrogen (secondary N) is 1. The third-order valence-electron chi connectivity index (χ3n) is 4.51. The van der Waals surface area contributed by atoms with Crippen LogP contribution in [0.5, 0.6) is 11.5 Å². The average molecular weight is 383 g/mol. The van der Waals surface area contributed by atoms with Crippen LogP contribution in [0.25, 0.3) is 6.08 Å². The van der Waals surface area contributed by atoms with E-state index in [1.165, 1.54) is 19.9 Å². The number of H-pyrrole nitrogens is 1. The van der Waals surface area contributed by atoms with Crippen molar-refractivity contribution in [1.29, 1.82) is 0 Å². The van der Waals surface area contributed by atoms with Gasteiger partial charge in [0.1, 0.15) is 0 Å². The molecule has 7 nitrogen and oxygen atoms in total. The van der Waals surface area contributed by atoms with E-state index < -0.39 is 17.9 Å². The van der Waals surface area contributed by atoms with Crippen LogP contribution < -0.4 is 9.47 Å². The molecule has 2 aromatic rings. The summed E-state index contributed by atoms with van der Waals surface area (Å²) in [6, 6.07) is 5.28. The number of fused-ring (bicyclic) bond motifs is 1. The van der Waals surface area contributed by atoms with Gasteiger partial charge in [0.25, 0.3) is 0 Å². The molecule has 1 aromatic carbocycles. The smallest absolute Gasteiger partial charge is 0.331 e. The summed E-state index contributed by atoms with van der Waals surface area (Å²) in [5.74, 6) is 0.101. The number of carbonyl (C=O) groups is 3. The number of aromatic amines is 1. The van der Waals surface area contributed by atoms with Crippen molar-refractivity contribution < 1.29 is 28.6 Å². The molecule has 0 radical (unpaired) electrons. The summed E-state index contributed by atoms with van der Waals surface area (Å²) < 4.78 is 15.7. The van der Waals surface area contributed by atoms with Crippen molar-refractivity contribution >= 4 is 23.6 Å². The van der Waals surface area contributed by atoms with E-state index in [0.717, 1.165) is 5.56 Å². The van der Waals surface area contributed by atoms with E-state index in [4.69, 9.17) is 14.2 Å². The molecular formula is C21H21NO6. The predicted octanol–water partition coefficient (Wildman–Crippen LogP) is 3.39. The Morgan fingerprint density at radius 2 is 1.89 bits per heavy atom. The Morgan fingerprint density at radius 3 is 2.57 bits per heavy atom. The van der Waals surface area contributed by atoms with Gasteiger partial charge in [-0.15, -0.1) is 0 Å². The Morgan fingerprint density at radius 1 is 1.18 bits per heavy atom. The van der Waals surface area contributed by atoms with E-state index in [1.807, 2.05) is 0 Å². The van der Waals surface area contributed by atoms with Crippen LogP contribution in [0.1, 0.15) is 51.5 Å². The first-order valence-corrected chi connectivity index (χ1v) is 8.80. The molecule has 7 heteroatoms. The number of benzene rings is 1. The van der Waals surface area contributed by atoms with Crippen LogP contribution in [0.15, 0.2) is 24.3 Å². The Bertz CT molecular complexity index is 985. The second kappa shape index (κ2) is 7.72. The van der Waals surface area contributed by atoms with E-state index in [-0.39, 0.29) is 18.3 Å². The molecule has 0 aliphatic carbocycles. The van der Waals surface area contributed by atoms with Crippen molar-refractivity contribution in [3.63, 3.8) is 0 Å². The van der Waals surface area contributed by atoms with Gasteiger partial charge in [0.2, 0.25) is 12.6 Å². The third kappa shape index (κ3) is 3.83. The molecule has 0 saturated carbocycles. The lowest BCUT2D eigenvalue weighted by Crippen LogP contribution is -2.24. The maximum atomic E-state index is 12.6. The van der Waals surface area contributed by atoms with Crippen molar-refractivity contribution in [2.45, 2.75) is 33.8 Å². The Hall–Kier alpha value is -3.35. The fourth-order valence-corrected chi connectivity index (χ4v) is 3.18. The van der Waals surface area contributed by atoms with Gasteiger partial charge in [-0.2, -0.15) is 0 Å². The second-order valence-corrected chi connectivity index (χ2v) is 6.57. The zero-order valence-corrected chi connectivity index (χ0v) is 16.1. The predicted molar refractivity (Wildman–Crippen MR) is 102 cm³/mol. The van der Waals surface area contributed by atoms with Gasteiger partial charge in [0.05, 0.1) is 5.69 Å². The number of ketones is 2. The number of rotatable bonds is 6. The van der Waals surface area contributed by atoms with E-state index >= 15 is 0 Å². The summed E-state index contributed by atoms with van der Waals surface area (Å²) in [7, 11) is 0. The quantitative estimate of drug-likeness (QED) is 0.467. The molecule has 1 aliphatic rings. The lowest BCUT2D eigenvalue weighted by Gasteiger charge is -2.10. The first kappa shape index (κ1) is 19.4. The van der Waals surface area contributed by atoms with Crippen LogP contribution in [0, 0.1) is 13.8 Å². The topological polar surface area (TPSA) is 94.7 Å². The van der Waals surface area contributed by atoms with Crippen molar-refractivity contribution in [2.75, 3.05) is 6.79 Å². The van der Waals surface area contributed by atoms with Crippen molar-refractivity contribution in [1.82, 2.24) is 4.98 Å². The summed E-state index contributed by atoms with van der Waals surface area (Å²) in [4.78, 5) is 39.3. The molecule has 0 amide bonds. The molecule has 2 heterocycles. The zero-order chi connectivity index (χ0) is 20.4. The summed E-state index contributed by atoms with van der Waals surface area (Å²) in [5, 5.41) is 0. The minimum atomic E-state index is -0.995. The normalized spacial score (nSPS) is 13.6. The number of ether oxygens (including phenoxy) is 3. The van der Waals surface area contributed by atoms with Gasteiger partial charge in [-0.3, -0.25) is 9.59 Å². The molecule has 1 atom stereocenters. The van der Waals surface area contributed by atoms with E-state index in [9.17, 15) is 14.4 Å². The van der Waals surface area contributed by atoms with Gasteiger partial charge in [-0.25, -0.2) is 4.79 Å². The number of Topliss-reactive ketones (excluding diaryl/α,β-unsaturated/α-hetero) is 2. The van der Waals surface area contributed by atoms with Crippen LogP contribution >= 0.6 is 0 Å². The average Bonchev–Trinajstić information content (AvgIpc) is 3.22. The molecule has 28 heavy (non-hydrogen) atoms. The largest absolute Gasteiger partial charge is 0.454 e. The third-order valence-corrected chi connectivity index (χ3v) is 4.51. The van der Waals surface area contributed by atoms with Crippen molar-refractivity contribution in [3.8, 4) is 11.5 Å².